The highest BCUT2D eigenvalue weighted by molar-refractivity contribution is 7.10. The average molecular weight is 285 g/mol. The van der Waals surface area contributed by atoms with Gasteiger partial charge in [-0.1, -0.05) is 22.7 Å². The first-order valence-corrected chi connectivity index (χ1v) is 6.71. The maximum atomic E-state index is 12.4. The number of hydrogen-bond donors (Lipinski definition) is 2. The molecule has 0 spiro atoms. The van der Waals surface area contributed by atoms with Crippen LogP contribution in [0.1, 0.15) is 10.4 Å². The Morgan fingerprint density at radius 1 is 1.30 bits per heavy atom. The molecule has 3 aromatic rings. The lowest BCUT2D eigenvalue weighted by atomic mass is 10.1. The number of anilines is 2. The summed E-state index contributed by atoms with van der Waals surface area (Å²) in [6, 6.07) is 9.26. The van der Waals surface area contributed by atoms with Crippen LogP contribution in [-0.4, -0.2) is 27.5 Å². The highest BCUT2D eigenvalue weighted by Gasteiger charge is 2.13. The van der Waals surface area contributed by atoms with Crippen LogP contribution < -0.4 is 10.6 Å². The van der Waals surface area contributed by atoms with E-state index in [9.17, 15) is 4.79 Å². The molecule has 0 bridgehead atoms. The number of nitrogens with zero attached hydrogens (tertiary/aromatic N) is 3. The van der Waals surface area contributed by atoms with Gasteiger partial charge in [0.25, 0.3) is 5.91 Å². The van der Waals surface area contributed by atoms with Crippen molar-refractivity contribution in [1.29, 1.82) is 0 Å². The predicted molar refractivity (Wildman–Crippen MR) is 79.2 cm³/mol. The van der Waals surface area contributed by atoms with Gasteiger partial charge >= 0.3 is 0 Å². The Hall–Kier alpha value is -2.54. The highest BCUT2D eigenvalue weighted by Crippen LogP contribution is 2.22. The molecule has 0 aliphatic rings. The molecule has 20 heavy (non-hydrogen) atoms. The first kappa shape index (κ1) is 12.5. The third kappa shape index (κ3) is 2.30. The molecular formula is C13H11N5OS. The van der Waals surface area contributed by atoms with Crippen molar-refractivity contribution in [2.24, 2.45) is 0 Å². The van der Waals surface area contributed by atoms with E-state index in [0.717, 1.165) is 22.4 Å². The van der Waals surface area contributed by atoms with Crippen LogP contribution in [0.25, 0.3) is 10.9 Å². The Morgan fingerprint density at radius 2 is 2.15 bits per heavy atom. The fourth-order valence-electron chi connectivity index (χ4n) is 1.89. The van der Waals surface area contributed by atoms with Gasteiger partial charge in [0.2, 0.25) is 0 Å². The van der Waals surface area contributed by atoms with Crippen molar-refractivity contribution in [3.05, 3.63) is 42.1 Å². The van der Waals surface area contributed by atoms with Crippen LogP contribution in [0.5, 0.6) is 0 Å². The Bertz CT molecular complexity index is 757. The van der Waals surface area contributed by atoms with Crippen molar-refractivity contribution >= 4 is 39.2 Å². The van der Waals surface area contributed by atoms with E-state index in [1.165, 1.54) is 6.20 Å². The summed E-state index contributed by atoms with van der Waals surface area (Å²) in [4.78, 5) is 16.8. The van der Waals surface area contributed by atoms with Crippen molar-refractivity contribution in [1.82, 2.24) is 14.6 Å². The minimum atomic E-state index is -0.203. The minimum absolute atomic E-state index is 0.203. The van der Waals surface area contributed by atoms with Gasteiger partial charge in [-0.05, 0) is 12.1 Å². The van der Waals surface area contributed by atoms with E-state index in [-0.39, 0.29) is 5.91 Å². The number of rotatable bonds is 3. The summed E-state index contributed by atoms with van der Waals surface area (Å²) in [5, 5.41) is 10.9. The van der Waals surface area contributed by atoms with Gasteiger partial charge in [0.05, 0.1) is 17.3 Å². The Morgan fingerprint density at radius 3 is 2.90 bits per heavy atom. The summed E-state index contributed by atoms with van der Waals surface area (Å²) in [7, 11) is 1.77. The molecule has 0 unspecified atom stereocenters. The molecule has 2 aromatic heterocycles. The quantitative estimate of drug-likeness (QED) is 0.772. The van der Waals surface area contributed by atoms with Crippen molar-refractivity contribution in [2.75, 3.05) is 17.7 Å². The monoisotopic (exact) mass is 285 g/mol. The summed E-state index contributed by atoms with van der Waals surface area (Å²) < 4.78 is 3.72. The van der Waals surface area contributed by atoms with Crippen LogP contribution in [0.15, 0.2) is 36.5 Å². The predicted octanol–water partition coefficient (Wildman–Crippen LogP) is 2.38. The molecule has 3 rings (SSSR count). The van der Waals surface area contributed by atoms with Gasteiger partial charge in [0.15, 0.2) is 0 Å². The van der Waals surface area contributed by atoms with Crippen molar-refractivity contribution in [3.8, 4) is 0 Å². The molecule has 0 fully saturated rings. The first-order valence-electron chi connectivity index (χ1n) is 5.94. The van der Waals surface area contributed by atoms with Crippen LogP contribution >= 0.6 is 11.5 Å². The second kappa shape index (κ2) is 5.22. The van der Waals surface area contributed by atoms with E-state index in [0.29, 0.717) is 16.4 Å². The normalized spacial score (nSPS) is 10.4. The first-order chi connectivity index (χ1) is 9.78. The number of carbonyl (C=O) groups is 1. The maximum absolute atomic E-state index is 12.4. The topological polar surface area (TPSA) is 79.8 Å². The number of benzene rings is 1. The number of amides is 1. The average Bonchev–Trinajstić information content (AvgIpc) is 2.98. The van der Waals surface area contributed by atoms with Crippen LogP contribution in [-0.2, 0) is 0 Å². The maximum Gasteiger partial charge on any atom is 0.257 e. The molecule has 6 nitrogen and oxygen atoms in total. The molecule has 0 saturated heterocycles. The van der Waals surface area contributed by atoms with Gasteiger partial charge in [-0.15, -0.1) is 5.10 Å². The fraction of sp³-hybridized carbons (Fsp3) is 0.0769. The molecule has 2 N–H and O–H groups in total. The molecule has 0 atom stereocenters. The number of pyridine rings is 1. The lowest BCUT2D eigenvalue weighted by molar-refractivity contribution is 0.102. The molecule has 1 aromatic carbocycles. The molecule has 0 aliphatic heterocycles. The number of aromatic nitrogens is 3. The van der Waals surface area contributed by atoms with E-state index in [1.54, 1.807) is 13.1 Å². The molecule has 0 radical (unpaired) electrons. The van der Waals surface area contributed by atoms with E-state index >= 15 is 0 Å². The van der Waals surface area contributed by atoms with Crippen LogP contribution in [0.4, 0.5) is 10.8 Å². The number of fused-ring (bicyclic) bond motifs is 1. The third-order valence-corrected chi connectivity index (χ3v) is 3.40. The number of para-hydroxylation sites is 1. The molecule has 0 saturated carbocycles. The van der Waals surface area contributed by atoms with Crippen molar-refractivity contribution in [3.63, 3.8) is 0 Å². The Labute approximate surface area is 119 Å². The van der Waals surface area contributed by atoms with Gasteiger partial charge in [-0.2, -0.15) is 0 Å². The molecule has 7 heteroatoms. The van der Waals surface area contributed by atoms with E-state index in [4.69, 9.17) is 0 Å². The summed E-state index contributed by atoms with van der Waals surface area (Å²) >= 11 is 1.14. The van der Waals surface area contributed by atoms with Gasteiger partial charge in [0, 0.05) is 24.0 Å². The van der Waals surface area contributed by atoms with Gasteiger partial charge < -0.3 is 10.6 Å². The van der Waals surface area contributed by atoms with Crippen LogP contribution in [0.3, 0.4) is 0 Å². The Balaban J connectivity index is 2.07. The minimum Gasteiger partial charge on any atom is -0.373 e. The Kier molecular flexibility index (Phi) is 3.26. The molecular weight excluding hydrogens is 274 g/mol. The molecule has 0 aliphatic carbocycles. The molecule has 1 amide bonds. The summed E-state index contributed by atoms with van der Waals surface area (Å²) in [6.45, 7) is 0. The van der Waals surface area contributed by atoms with Gasteiger partial charge in [0.1, 0.15) is 10.8 Å². The second-order valence-electron chi connectivity index (χ2n) is 4.06. The number of hydrogen-bond acceptors (Lipinski definition) is 6. The third-order valence-electron chi connectivity index (χ3n) is 2.81. The van der Waals surface area contributed by atoms with Crippen LogP contribution in [0.2, 0.25) is 0 Å². The standard InChI is InChI=1S/C13H11N5OS/c1-14-11-6-9(8-4-2-3-5-10(8)16-11)13(19)17-12-7-15-18-20-12/h2-7H,1H3,(H,14,16)(H,17,19). The van der Waals surface area contributed by atoms with E-state index in [2.05, 4.69) is 25.2 Å². The zero-order valence-electron chi connectivity index (χ0n) is 10.6. The summed E-state index contributed by atoms with van der Waals surface area (Å²) in [5.74, 6) is 0.447. The smallest absolute Gasteiger partial charge is 0.257 e. The van der Waals surface area contributed by atoms with Gasteiger partial charge in [-0.25, -0.2) is 4.98 Å². The summed E-state index contributed by atoms with van der Waals surface area (Å²) in [5.41, 5.74) is 1.33. The fourth-order valence-corrected chi connectivity index (χ4v) is 2.31. The van der Waals surface area contributed by atoms with E-state index in [1.807, 2.05) is 24.3 Å². The number of carbonyl (C=O) groups excluding carboxylic acids is 1. The SMILES string of the molecule is CNc1cc(C(=O)Nc2cnns2)c2ccccc2n1. The second-order valence-corrected chi connectivity index (χ2v) is 4.84. The molecule has 2 heterocycles. The zero-order chi connectivity index (χ0) is 13.9. The van der Waals surface area contributed by atoms with Crippen molar-refractivity contribution < 1.29 is 4.79 Å². The van der Waals surface area contributed by atoms with E-state index < -0.39 is 0 Å². The molecule has 100 valence electrons. The highest BCUT2D eigenvalue weighted by atomic mass is 32.1. The van der Waals surface area contributed by atoms with Crippen molar-refractivity contribution in [2.45, 2.75) is 0 Å². The van der Waals surface area contributed by atoms with Gasteiger partial charge in [-0.3, -0.25) is 4.79 Å². The van der Waals surface area contributed by atoms with Crippen LogP contribution in [0, 0.1) is 0 Å². The zero-order valence-corrected chi connectivity index (χ0v) is 11.4. The lowest BCUT2D eigenvalue weighted by Gasteiger charge is -2.08. The number of nitrogens with one attached hydrogen (secondary N) is 2. The largest absolute Gasteiger partial charge is 0.373 e. The summed E-state index contributed by atoms with van der Waals surface area (Å²) in [6.07, 6.45) is 1.52. The lowest BCUT2D eigenvalue weighted by Crippen LogP contribution is -2.12.